The Labute approximate surface area is 107 Å². The third-order valence-electron chi connectivity index (χ3n) is 2.64. The van der Waals surface area contributed by atoms with Gasteiger partial charge in [0.15, 0.2) is 0 Å². The maximum absolute atomic E-state index is 9.14. The normalized spacial score (nSPS) is 10.8. The van der Waals surface area contributed by atoms with Crippen LogP contribution in [0.4, 0.5) is 5.69 Å². The molecule has 2 aromatic rings. The number of hydrogen-bond donors (Lipinski definition) is 1. The molecule has 0 saturated heterocycles. The second-order valence-electron chi connectivity index (χ2n) is 4.05. The van der Waals surface area contributed by atoms with Crippen LogP contribution in [0.2, 0.25) is 0 Å². The average molecular weight is 234 g/mol. The van der Waals surface area contributed by atoms with Crippen molar-refractivity contribution in [3.63, 3.8) is 0 Å². The zero-order valence-corrected chi connectivity index (χ0v) is 10.2. The summed E-state index contributed by atoms with van der Waals surface area (Å²) < 4.78 is 0. The first-order valence-corrected chi connectivity index (χ1v) is 5.78. The monoisotopic (exact) mass is 234 g/mol. The minimum atomic E-state index is 0.621. The van der Waals surface area contributed by atoms with Crippen molar-refractivity contribution >= 4 is 11.3 Å². The Bertz CT molecular complexity index is 575. The highest BCUT2D eigenvalue weighted by Gasteiger charge is 1.98. The molecule has 0 aromatic heterocycles. The molecular weight excluding hydrogens is 220 g/mol. The smallest absolute Gasteiger partial charge is 0.101 e. The van der Waals surface area contributed by atoms with Crippen molar-refractivity contribution in [2.75, 3.05) is 5.32 Å². The van der Waals surface area contributed by atoms with Gasteiger partial charge in [-0.05, 0) is 24.6 Å². The van der Waals surface area contributed by atoms with Gasteiger partial charge in [0.1, 0.15) is 6.07 Å². The fourth-order valence-corrected chi connectivity index (χ4v) is 1.60. The predicted octanol–water partition coefficient (Wildman–Crippen LogP) is 3.97. The van der Waals surface area contributed by atoms with E-state index in [9.17, 15) is 0 Å². The summed E-state index contributed by atoms with van der Waals surface area (Å²) >= 11 is 0. The van der Waals surface area contributed by atoms with Crippen LogP contribution in [0, 0.1) is 18.3 Å². The standard InChI is InChI=1S/C16H14N2/c1-13-7-9-16(10-8-13)18-12-15(11-17)14-5-3-2-4-6-14/h2-10,12,18H,1H3/b15-12+. The number of anilines is 1. The second-order valence-corrected chi connectivity index (χ2v) is 4.05. The molecule has 88 valence electrons. The van der Waals surface area contributed by atoms with Crippen molar-refractivity contribution in [3.8, 4) is 6.07 Å². The van der Waals surface area contributed by atoms with Gasteiger partial charge < -0.3 is 5.32 Å². The number of benzene rings is 2. The number of hydrogen-bond acceptors (Lipinski definition) is 2. The molecule has 2 rings (SSSR count). The van der Waals surface area contributed by atoms with Gasteiger partial charge in [-0.1, -0.05) is 48.0 Å². The van der Waals surface area contributed by atoms with E-state index in [0.717, 1.165) is 11.3 Å². The summed E-state index contributed by atoms with van der Waals surface area (Å²) in [6.45, 7) is 2.05. The van der Waals surface area contributed by atoms with E-state index < -0.39 is 0 Å². The highest BCUT2D eigenvalue weighted by molar-refractivity contribution is 5.78. The summed E-state index contributed by atoms with van der Waals surface area (Å²) in [7, 11) is 0. The molecule has 18 heavy (non-hydrogen) atoms. The van der Waals surface area contributed by atoms with Gasteiger partial charge in [-0.2, -0.15) is 5.26 Å². The predicted molar refractivity (Wildman–Crippen MR) is 74.8 cm³/mol. The van der Waals surface area contributed by atoms with Gasteiger partial charge in [-0.15, -0.1) is 0 Å². The molecule has 0 amide bonds. The molecule has 2 aromatic carbocycles. The fourth-order valence-electron chi connectivity index (χ4n) is 1.60. The first-order valence-electron chi connectivity index (χ1n) is 5.78. The third kappa shape index (κ3) is 2.99. The number of nitrogens with one attached hydrogen (secondary N) is 1. The van der Waals surface area contributed by atoms with Crippen molar-refractivity contribution in [2.24, 2.45) is 0 Å². The van der Waals surface area contributed by atoms with Crippen molar-refractivity contribution in [1.29, 1.82) is 5.26 Å². The maximum Gasteiger partial charge on any atom is 0.101 e. The minimum Gasteiger partial charge on any atom is -0.360 e. The molecule has 0 radical (unpaired) electrons. The topological polar surface area (TPSA) is 35.8 Å². The Morgan fingerprint density at radius 2 is 1.72 bits per heavy atom. The van der Waals surface area contributed by atoms with E-state index in [1.165, 1.54) is 5.56 Å². The minimum absolute atomic E-state index is 0.621. The van der Waals surface area contributed by atoms with Crippen LogP contribution >= 0.6 is 0 Å². The summed E-state index contributed by atoms with van der Waals surface area (Å²) in [4.78, 5) is 0. The Kier molecular flexibility index (Phi) is 3.78. The van der Waals surface area contributed by atoms with Crippen LogP contribution in [0.15, 0.2) is 60.8 Å². The molecule has 0 aliphatic rings. The van der Waals surface area contributed by atoms with E-state index >= 15 is 0 Å². The van der Waals surface area contributed by atoms with Crippen LogP contribution in [-0.2, 0) is 0 Å². The number of nitriles is 1. The molecule has 0 aliphatic heterocycles. The van der Waals surface area contributed by atoms with Crippen molar-refractivity contribution in [2.45, 2.75) is 6.92 Å². The molecule has 0 atom stereocenters. The molecule has 1 N–H and O–H groups in total. The number of rotatable bonds is 3. The van der Waals surface area contributed by atoms with Crippen LogP contribution in [0.5, 0.6) is 0 Å². The molecule has 0 saturated carbocycles. The van der Waals surface area contributed by atoms with E-state index in [1.807, 2.05) is 61.5 Å². The molecule has 0 aliphatic carbocycles. The van der Waals surface area contributed by atoms with Crippen molar-refractivity contribution < 1.29 is 0 Å². The first-order chi connectivity index (χ1) is 8.79. The van der Waals surface area contributed by atoms with Gasteiger partial charge in [0.05, 0.1) is 5.57 Å². The molecule has 2 heteroatoms. The number of nitrogens with zero attached hydrogens (tertiary/aromatic N) is 1. The Morgan fingerprint density at radius 3 is 2.33 bits per heavy atom. The fraction of sp³-hybridized carbons (Fsp3) is 0.0625. The van der Waals surface area contributed by atoms with E-state index in [4.69, 9.17) is 5.26 Å². The van der Waals surface area contributed by atoms with Crippen LogP contribution in [0.25, 0.3) is 5.57 Å². The molecular formula is C16H14N2. The summed E-state index contributed by atoms with van der Waals surface area (Å²) in [5.41, 5.74) is 3.73. The number of aryl methyl sites for hydroxylation is 1. The third-order valence-corrected chi connectivity index (χ3v) is 2.64. The SMILES string of the molecule is Cc1ccc(N/C=C(\C#N)c2ccccc2)cc1. The van der Waals surface area contributed by atoms with Crippen LogP contribution < -0.4 is 5.32 Å². The van der Waals surface area contributed by atoms with Gasteiger partial charge in [0.2, 0.25) is 0 Å². The van der Waals surface area contributed by atoms with E-state index in [1.54, 1.807) is 6.20 Å². The Hall–Kier alpha value is -2.53. The summed E-state index contributed by atoms with van der Waals surface area (Å²) in [6, 6.07) is 19.9. The first kappa shape index (κ1) is 11.9. The Morgan fingerprint density at radius 1 is 1.06 bits per heavy atom. The second kappa shape index (κ2) is 5.70. The van der Waals surface area contributed by atoms with E-state index in [0.29, 0.717) is 5.57 Å². The largest absolute Gasteiger partial charge is 0.360 e. The van der Waals surface area contributed by atoms with E-state index in [2.05, 4.69) is 11.4 Å². The lowest BCUT2D eigenvalue weighted by Crippen LogP contribution is -1.90. The highest BCUT2D eigenvalue weighted by Crippen LogP contribution is 2.14. The van der Waals surface area contributed by atoms with Gasteiger partial charge in [-0.25, -0.2) is 0 Å². The van der Waals surface area contributed by atoms with Crippen LogP contribution in [-0.4, -0.2) is 0 Å². The van der Waals surface area contributed by atoms with Gasteiger partial charge in [0, 0.05) is 11.9 Å². The van der Waals surface area contributed by atoms with Gasteiger partial charge >= 0.3 is 0 Å². The quantitative estimate of drug-likeness (QED) is 0.815. The molecule has 0 bridgehead atoms. The summed E-state index contributed by atoms with van der Waals surface area (Å²) in [5.74, 6) is 0. The van der Waals surface area contributed by atoms with E-state index in [-0.39, 0.29) is 0 Å². The molecule has 0 unspecified atom stereocenters. The summed E-state index contributed by atoms with van der Waals surface area (Å²) in [6.07, 6.45) is 1.74. The average Bonchev–Trinajstić information content (AvgIpc) is 2.43. The van der Waals surface area contributed by atoms with Crippen LogP contribution in [0.3, 0.4) is 0 Å². The van der Waals surface area contributed by atoms with Crippen LogP contribution in [0.1, 0.15) is 11.1 Å². The van der Waals surface area contributed by atoms with Crippen molar-refractivity contribution in [3.05, 3.63) is 71.9 Å². The van der Waals surface area contributed by atoms with Gasteiger partial charge in [0.25, 0.3) is 0 Å². The zero-order chi connectivity index (χ0) is 12.8. The molecule has 0 spiro atoms. The highest BCUT2D eigenvalue weighted by atomic mass is 14.8. The zero-order valence-electron chi connectivity index (χ0n) is 10.2. The molecule has 0 heterocycles. The lowest BCUT2D eigenvalue weighted by molar-refractivity contribution is 1.45. The molecule has 2 nitrogen and oxygen atoms in total. The molecule has 0 fully saturated rings. The lowest BCUT2D eigenvalue weighted by Gasteiger charge is -2.03. The van der Waals surface area contributed by atoms with Gasteiger partial charge in [-0.3, -0.25) is 0 Å². The van der Waals surface area contributed by atoms with Crippen molar-refractivity contribution in [1.82, 2.24) is 0 Å². The number of allylic oxidation sites excluding steroid dienone is 1. The maximum atomic E-state index is 9.14. The Balaban J connectivity index is 2.17. The summed E-state index contributed by atoms with van der Waals surface area (Å²) in [5, 5.41) is 12.3. The lowest BCUT2D eigenvalue weighted by atomic mass is 10.1.